The molecule has 0 fully saturated rings. The second-order valence-corrected chi connectivity index (χ2v) is 6.28. The predicted octanol–water partition coefficient (Wildman–Crippen LogP) is 2.48. The fraction of sp³-hybridized carbons (Fsp3) is 0.200. The predicted molar refractivity (Wildman–Crippen MR) is 81.0 cm³/mol. The first-order valence-electron chi connectivity index (χ1n) is 6.37. The van der Waals surface area contributed by atoms with Gasteiger partial charge in [0.1, 0.15) is 0 Å². The van der Waals surface area contributed by atoms with Crippen LogP contribution in [0, 0.1) is 0 Å². The van der Waals surface area contributed by atoms with E-state index in [1.807, 2.05) is 42.5 Å². The summed E-state index contributed by atoms with van der Waals surface area (Å²) in [7, 11) is -3.38. The van der Waals surface area contributed by atoms with E-state index in [0.29, 0.717) is 5.69 Å². The van der Waals surface area contributed by atoms with Crippen molar-refractivity contribution in [1.82, 2.24) is 0 Å². The summed E-state index contributed by atoms with van der Waals surface area (Å²) in [5, 5.41) is 8.67. The first-order chi connectivity index (χ1) is 9.61. The number of anilines is 1. The Labute approximate surface area is 119 Å². The van der Waals surface area contributed by atoms with Crippen molar-refractivity contribution in [3.8, 4) is 11.1 Å². The Hall–Kier alpha value is -1.85. The zero-order chi connectivity index (χ0) is 14.4. The average Bonchev–Trinajstić information content (AvgIpc) is 2.46. The highest BCUT2D eigenvalue weighted by molar-refractivity contribution is 7.92. The largest absolute Gasteiger partial charge is 0.396 e. The van der Waals surface area contributed by atoms with Crippen LogP contribution in [0.3, 0.4) is 0 Å². The van der Waals surface area contributed by atoms with Gasteiger partial charge in [-0.2, -0.15) is 0 Å². The van der Waals surface area contributed by atoms with Gasteiger partial charge >= 0.3 is 0 Å². The fourth-order valence-electron chi connectivity index (χ4n) is 1.85. The number of rotatable bonds is 6. The first kappa shape index (κ1) is 14.6. The molecule has 0 saturated carbocycles. The molecule has 0 saturated heterocycles. The highest BCUT2D eigenvalue weighted by Gasteiger charge is 2.09. The summed E-state index contributed by atoms with van der Waals surface area (Å²) in [4.78, 5) is 0. The lowest BCUT2D eigenvalue weighted by Gasteiger charge is -2.08. The zero-order valence-electron chi connectivity index (χ0n) is 11.0. The second-order valence-electron chi connectivity index (χ2n) is 4.44. The molecule has 0 spiro atoms. The maximum Gasteiger partial charge on any atom is 0.232 e. The van der Waals surface area contributed by atoms with Crippen molar-refractivity contribution in [2.75, 3.05) is 17.1 Å². The zero-order valence-corrected chi connectivity index (χ0v) is 11.8. The number of aliphatic hydroxyl groups excluding tert-OH is 1. The normalized spacial score (nSPS) is 11.2. The Balaban J connectivity index is 2.09. The second kappa shape index (κ2) is 6.54. The molecule has 106 valence electrons. The Morgan fingerprint density at radius 2 is 1.50 bits per heavy atom. The van der Waals surface area contributed by atoms with E-state index in [1.165, 1.54) is 0 Å². The quantitative estimate of drug-likeness (QED) is 0.859. The van der Waals surface area contributed by atoms with Crippen LogP contribution in [0.1, 0.15) is 6.42 Å². The van der Waals surface area contributed by atoms with Crippen LogP contribution >= 0.6 is 0 Å². The van der Waals surface area contributed by atoms with Crippen LogP contribution in [0.5, 0.6) is 0 Å². The summed E-state index contributed by atoms with van der Waals surface area (Å²) in [6.07, 6.45) is 0.234. The summed E-state index contributed by atoms with van der Waals surface area (Å²) in [5.74, 6) is -0.0794. The average molecular weight is 291 g/mol. The highest BCUT2D eigenvalue weighted by atomic mass is 32.2. The maximum absolute atomic E-state index is 11.7. The SMILES string of the molecule is O=S(=O)(CCCO)Nc1ccc(-c2ccccc2)cc1. The number of sulfonamides is 1. The van der Waals surface area contributed by atoms with Crippen molar-refractivity contribution in [2.45, 2.75) is 6.42 Å². The van der Waals surface area contributed by atoms with Crippen LogP contribution in [0.2, 0.25) is 0 Å². The lowest BCUT2D eigenvalue weighted by molar-refractivity contribution is 0.295. The molecule has 2 aromatic carbocycles. The third-order valence-electron chi connectivity index (χ3n) is 2.84. The van der Waals surface area contributed by atoms with Gasteiger partial charge in [-0.05, 0) is 29.7 Å². The van der Waals surface area contributed by atoms with E-state index < -0.39 is 10.0 Å². The van der Waals surface area contributed by atoms with Crippen molar-refractivity contribution in [3.63, 3.8) is 0 Å². The van der Waals surface area contributed by atoms with Crippen LogP contribution in [-0.2, 0) is 10.0 Å². The number of hydrogen-bond acceptors (Lipinski definition) is 3. The summed E-state index contributed by atoms with van der Waals surface area (Å²) in [6.45, 7) is -0.131. The molecule has 0 atom stereocenters. The molecule has 0 radical (unpaired) electrons. The summed E-state index contributed by atoms with van der Waals surface area (Å²) in [6, 6.07) is 17.1. The third-order valence-corrected chi connectivity index (χ3v) is 4.21. The van der Waals surface area contributed by atoms with E-state index in [1.54, 1.807) is 12.1 Å². The van der Waals surface area contributed by atoms with E-state index in [9.17, 15) is 8.42 Å². The molecule has 4 nitrogen and oxygen atoms in total. The Morgan fingerprint density at radius 1 is 0.900 bits per heavy atom. The minimum atomic E-state index is -3.38. The Morgan fingerprint density at radius 3 is 2.10 bits per heavy atom. The van der Waals surface area contributed by atoms with Crippen LogP contribution in [0.15, 0.2) is 54.6 Å². The van der Waals surface area contributed by atoms with Crippen LogP contribution in [0.4, 0.5) is 5.69 Å². The topological polar surface area (TPSA) is 66.4 Å². The lowest BCUT2D eigenvalue weighted by Crippen LogP contribution is -2.17. The molecule has 0 unspecified atom stereocenters. The molecular formula is C15H17NO3S. The van der Waals surface area contributed by atoms with Crippen molar-refractivity contribution < 1.29 is 13.5 Å². The monoisotopic (exact) mass is 291 g/mol. The number of hydrogen-bond donors (Lipinski definition) is 2. The molecule has 20 heavy (non-hydrogen) atoms. The molecule has 2 aromatic rings. The van der Waals surface area contributed by atoms with Crippen LogP contribution in [-0.4, -0.2) is 25.9 Å². The molecule has 0 bridgehead atoms. The third kappa shape index (κ3) is 4.08. The first-order valence-corrected chi connectivity index (χ1v) is 8.03. The van der Waals surface area contributed by atoms with E-state index in [2.05, 4.69) is 4.72 Å². The maximum atomic E-state index is 11.7. The summed E-state index contributed by atoms with van der Waals surface area (Å²) >= 11 is 0. The molecule has 5 heteroatoms. The molecule has 0 aromatic heterocycles. The molecule has 2 N–H and O–H groups in total. The van der Waals surface area contributed by atoms with E-state index in [-0.39, 0.29) is 18.8 Å². The molecule has 0 aliphatic carbocycles. The van der Waals surface area contributed by atoms with Gasteiger partial charge in [0, 0.05) is 12.3 Å². The Kier molecular flexibility index (Phi) is 4.76. The van der Waals surface area contributed by atoms with Crippen LogP contribution in [0.25, 0.3) is 11.1 Å². The van der Waals surface area contributed by atoms with E-state index in [0.717, 1.165) is 11.1 Å². The van der Waals surface area contributed by atoms with Gasteiger partial charge in [-0.1, -0.05) is 42.5 Å². The van der Waals surface area contributed by atoms with Gasteiger partial charge in [-0.15, -0.1) is 0 Å². The Bertz CT molecular complexity index is 637. The summed E-state index contributed by atoms with van der Waals surface area (Å²) < 4.78 is 25.9. The van der Waals surface area contributed by atoms with Gasteiger partial charge < -0.3 is 5.11 Å². The van der Waals surface area contributed by atoms with Gasteiger partial charge in [0.25, 0.3) is 0 Å². The molecule has 0 amide bonds. The van der Waals surface area contributed by atoms with Crippen molar-refractivity contribution >= 4 is 15.7 Å². The van der Waals surface area contributed by atoms with Crippen LogP contribution < -0.4 is 4.72 Å². The van der Waals surface area contributed by atoms with E-state index >= 15 is 0 Å². The highest BCUT2D eigenvalue weighted by Crippen LogP contribution is 2.21. The van der Waals surface area contributed by atoms with Crippen molar-refractivity contribution in [1.29, 1.82) is 0 Å². The van der Waals surface area contributed by atoms with Gasteiger partial charge in [0.05, 0.1) is 5.75 Å². The minimum absolute atomic E-state index is 0.0794. The van der Waals surface area contributed by atoms with Gasteiger partial charge in [-0.3, -0.25) is 4.72 Å². The fourth-order valence-corrected chi connectivity index (χ4v) is 2.95. The lowest BCUT2D eigenvalue weighted by atomic mass is 10.1. The molecule has 0 heterocycles. The number of benzene rings is 2. The van der Waals surface area contributed by atoms with Crippen molar-refractivity contribution in [2.24, 2.45) is 0 Å². The molecule has 0 aliphatic heterocycles. The number of nitrogens with one attached hydrogen (secondary N) is 1. The van der Waals surface area contributed by atoms with Gasteiger partial charge in [-0.25, -0.2) is 8.42 Å². The van der Waals surface area contributed by atoms with Gasteiger partial charge in [0.15, 0.2) is 0 Å². The molecule has 0 aliphatic rings. The van der Waals surface area contributed by atoms with E-state index in [4.69, 9.17) is 5.11 Å². The smallest absolute Gasteiger partial charge is 0.232 e. The summed E-state index contributed by atoms with van der Waals surface area (Å²) in [5.41, 5.74) is 2.65. The molecular weight excluding hydrogens is 274 g/mol. The number of aliphatic hydroxyl groups is 1. The van der Waals surface area contributed by atoms with Gasteiger partial charge in [0.2, 0.25) is 10.0 Å². The minimum Gasteiger partial charge on any atom is -0.396 e. The van der Waals surface area contributed by atoms with Crippen molar-refractivity contribution in [3.05, 3.63) is 54.6 Å². The molecule has 2 rings (SSSR count). The standard InChI is InChI=1S/C15H17NO3S/c17-11-4-12-20(18,19)16-15-9-7-14(8-10-15)13-5-2-1-3-6-13/h1-3,5-10,16-17H,4,11-12H2.